The molecule has 5 rings (SSSR count). The summed E-state index contributed by atoms with van der Waals surface area (Å²) in [6.45, 7) is 0. The number of hydrogen-bond donors (Lipinski definition) is 3. The van der Waals surface area contributed by atoms with Crippen molar-refractivity contribution < 1.29 is 23.1 Å². The molecule has 0 spiro atoms. The SMILES string of the molecule is COc1cccc(OC)c1SNc1noc2cc(Nc3cc(C4CC4)[nH]n3)c(F)c(OC)c12. The number of aromatic amines is 1. The summed E-state index contributed by atoms with van der Waals surface area (Å²) in [5, 5.41) is 14.7. The molecule has 1 aliphatic carbocycles. The molecule has 33 heavy (non-hydrogen) atoms. The lowest BCUT2D eigenvalue weighted by Crippen LogP contribution is -1.99. The van der Waals surface area contributed by atoms with Gasteiger partial charge in [-0.1, -0.05) is 11.2 Å². The molecule has 0 radical (unpaired) electrons. The second-order valence-electron chi connectivity index (χ2n) is 7.48. The Kier molecular flexibility index (Phi) is 5.63. The fourth-order valence-electron chi connectivity index (χ4n) is 3.56. The van der Waals surface area contributed by atoms with E-state index in [2.05, 4.69) is 25.4 Å². The van der Waals surface area contributed by atoms with Crippen molar-refractivity contribution in [2.45, 2.75) is 23.7 Å². The van der Waals surface area contributed by atoms with Crippen LogP contribution in [0.3, 0.4) is 0 Å². The van der Waals surface area contributed by atoms with Gasteiger partial charge in [0, 0.05) is 23.7 Å². The average molecular weight is 472 g/mol. The first-order valence-corrected chi connectivity index (χ1v) is 11.1. The highest BCUT2D eigenvalue weighted by Gasteiger charge is 2.26. The number of fused-ring (bicyclic) bond motifs is 1. The predicted molar refractivity (Wildman–Crippen MR) is 123 cm³/mol. The summed E-state index contributed by atoms with van der Waals surface area (Å²) in [5.41, 5.74) is 1.57. The number of H-pyrrole nitrogens is 1. The Bertz CT molecular complexity index is 1280. The van der Waals surface area contributed by atoms with Gasteiger partial charge < -0.3 is 28.8 Å². The van der Waals surface area contributed by atoms with Crippen LogP contribution in [0, 0.1) is 5.82 Å². The van der Waals surface area contributed by atoms with Gasteiger partial charge in [0.2, 0.25) is 0 Å². The zero-order valence-electron chi connectivity index (χ0n) is 18.2. The third-order valence-electron chi connectivity index (χ3n) is 5.37. The molecule has 9 nitrogen and oxygen atoms in total. The van der Waals surface area contributed by atoms with Crippen LogP contribution in [0.2, 0.25) is 0 Å². The van der Waals surface area contributed by atoms with Gasteiger partial charge in [-0.25, -0.2) is 4.39 Å². The first-order chi connectivity index (χ1) is 16.1. The van der Waals surface area contributed by atoms with E-state index in [1.807, 2.05) is 24.3 Å². The Morgan fingerprint density at radius 3 is 2.55 bits per heavy atom. The number of halogens is 1. The van der Waals surface area contributed by atoms with Crippen LogP contribution in [0.25, 0.3) is 11.0 Å². The normalized spacial score (nSPS) is 13.2. The van der Waals surface area contributed by atoms with E-state index in [1.54, 1.807) is 14.2 Å². The second kappa shape index (κ2) is 8.74. The Labute approximate surface area is 193 Å². The Morgan fingerprint density at radius 2 is 1.88 bits per heavy atom. The van der Waals surface area contributed by atoms with E-state index in [0.29, 0.717) is 44.9 Å². The summed E-state index contributed by atoms with van der Waals surface area (Å²) in [5.74, 6) is 2.01. The Morgan fingerprint density at radius 1 is 1.12 bits per heavy atom. The summed E-state index contributed by atoms with van der Waals surface area (Å²) in [4.78, 5) is 0.710. The molecule has 2 aromatic carbocycles. The zero-order valence-corrected chi connectivity index (χ0v) is 19.0. The van der Waals surface area contributed by atoms with Crippen LogP contribution in [-0.4, -0.2) is 36.7 Å². The summed E-state index contributed by atoms with van der Waals surface area (Å²) in [6, 6.07) is 8.88. The van der Waals surface area contributed by atoms with Crippen LogP contribution < -0.4 is 24.2 Å². The van der Waals surface area contributed by atoms with Gasteiger partial charge >= 0.3 is 0 Å². The molecule has 4 aromatic rings. The molecule has 3 N–H and O–H groups in total. The molecule has 2 heterocycles. The van der Waals surface area contributed by atoms with Gasteiger partial charge in [0.25, 0.3) is 0 Å². The largest absolute Gasteiger partial charge is 0.495 e. The number of aromatic nitrogens is 3. The standard InChI is InChI=1S/C22H22FN5O4S/c1-29-14-5-4-6-15(30-2)21(14)33-28-22-18-16(32-27-22)9-13(19(23)20(18)31-3)24-17-10-12(25-26-17)11-7-8-11/h4-6,9-11H,7-8H2,1-3H3,(H,27,28)(H2,24,25,26). The number of benzene rings is 2. The van der Waals surface area contributed by atoms with Crippen LogP contribution >= 0.6 is 11.9 Å². The number of ether oxygens (including phenoxy) is 3. The highest BCUT2D eigenvalue weighted by Crippen LogP contribution is 2.43. The third-order valence-corrected chi connectivity index (χ3v) is 6.27. The number of nitrogens with one attached hydrogen (secondary N) is 3. The van der Waals surface area contributed by atoms with Crippen molar-refractivity contribution in [1.29, 1.82) is 0 Å². The number of anilines is 3. The van der Waals surface area contributed by atoms with Gasteiger partial charge in [-0.05, 0) is 36.9 Å². The van der Waals surface area contributed by atoms with Crippen molar-refractivity contribution in [3.05, 3.63) is 41.8 Å². The molecule has 0 bridgehead atoms. The number of nitrogens with zero attached hydrogens (tertiary/aromatic N) is 2. The lowest BCUT2D eigenvalue weighted by Gasteiger charge is -2.13. The highest BCUT2D eigenvalue weighted by molar-refractivity contribution is 8.00. The minimum Gasteiger partial charge on any atom is -0.495 e. The molecule has 1 fully saturated rings. The summed E-state index contributed by atoms with van der Waals surface area (Å²) in [6.07, 6.45) is 2.28. The fraction of sp³-hybridized carbons (Fsp3) is 0.273. The average Bonchev–Trinajstić information content (AvgIpc) is 3.46. The minimum absolute atomic E-state index is 0.00398. The van der Waals surface area contributed by atoms with E-state index >= 15 is 4.39 Å². The number of methoxy groups -OCH3 is 3. The van der Waals surface area contributed by atoms with Gasteiger partial charge in [-0.15, -0.1) is 0 Å². The van der Waals surface area contributed by atoms with Crippen molar-refractivity contribution in [2.75, 3.05) is 31.4 Å². The van der Waals surface area contributed by atoms with Crippen molar-refractivity contribution in [3.8, 4) is 17.2 Å². The summed E-state index contributed by atoms with van der Waals surface area (Å²) < 4.78 is 40.1. The smallest absolute Gasteiger partial charge is 0.191 e. The molecule has 1 aliphatic rings. The van der Waals surface area contributed by atoms with Gasteiger partial charge in [-0.3, -0.25) is 5.10 Å². The molecular formula is C22H22FN5O4S. The second-order valence-corrected chi connectivity index (χ2v) is 8.30. The Hall–Kier alpha value is -3.60. The van der Waals surface area contributed by atoms with E-state index in [4.69, 9.17) is 18.7 Å². The first-order valence-electron chi connectivity index (χ1n) is 10.2. The van der Waals surface area contributed by atoms with Gasteiger partial charge in [0.1, 0.15) is 21.8 Å². The lowest BCUT2D eigenvalue weighted by atomic mass is 10.2. The summed E-state index contributed by atoms with van der Waals surface area (Å²) >= 11 is 1.21. The molecule has 0 aliphatic heterocycles. The maximum absolute atomic E-state index is 15.4. The quantitative estimate of drug-likeness (QED) is 0.274. The van der Waals surface area contributed by atoms with Crippen molar-refractivity contribution >= 4 is 40.2 Å². The molecule has 172 valence electrons. The Balaban J connectivity index is 1.45. The molecule has 0 atom stereocenters. The van der Waals surface area contributed by atoms with Crippen LogP contribution in [0.15, 0.2) is 39.8 Å². The molecule has 0 amide bonds. The highest BCUT2D eigenvalue weighted by atomic mass is 32.2. The molecular weight excluding hydrogens is 449 g/mol. The maximum atomic E-state index is 15.4. The van der Waals surface area contributed by atoms with Crippen molar-refractivity contribution in [1.82, 2.24) is 15.4 Å². The molecule has 0 unspecified atom stereocenters. The van der Waals surface area contributed by atoms with Gasteiger partial charge in [0.05, 0.1) is 27.0 Å². The van der Waals surface area contributed by atoms with Crippen LogP contribution in [0.4, 0.5) is 21.7 Å². The molecule has 0 saturated heterocycles. The lowest BCUT2D eigenvalue weighted by molar-refractivity contribution is 0.376. The summed E-state index contributed by atoms with van der Waals surface area (Å²) in [7, 11) is 4.54. The van der Waals surface area contributed by atoms with Crippen LogP contribution in [-0.2, 0) is 0 Å². The van der Waals surface area contributed by atoms with E-state index in [0.717, 1.165) is 18.5 Å². The van der Waals surface area contributed by atoms with Gasteiger partial charge in [-0.2, -0.15) is 5.10 Å². The topological polar surface area (TPSA) is 106 Å². The first kappa shape index (κ1) is 21.3. The molecule has 2 aromatic heterocycles. The monoisotopic (exact) mass is 471 g/mol. The van der Waals surface area contributed by atoms with Crippen LogP contribution in [0.1, 0.15) is 24.5 Å². The van der Waals surface area contributed by atoms with Crippen molar-refractivity contribution in [3.63, 3.8) is 0 Å². The van der Waals surface area contributed by atoms with E-state index in [1.165, 1.54) is 25.1 Å². The predicted octanol–water partition coefficient (Wildman–Crippen LogP) is 5.46. The third kappa shape index (κ3) is 3.99. The number of rotatable bonds is 9. The minimum atomic E-state index is -0.577. The molecule has 1 saturated carbocycles. The van der Waals surface area contributed by atoms with E-state index < -0.39 is 5.82 Å². The van der Waals surface area contributed by atoms with Gasteiger partial charge in [0.15, 0.2) is 28.8 Å². The fourth-order valence-corrected chi connectivity index (χ4v) is 4.40. The van der Waals surface area contributed by atoms with Crippen LogP contribution in [0.5, 0.6) is 17.2 Å². The van der Waals surface area contributed by atoms with E-state index in [9.17, 15) is 0 Å². The maximum Gasteiger partial charge on any atom is 0.191 e. The van der Waals surface area contributed by atoms with Crippen molar-refractivity contribution in [2.24, 2.45) is 0 Å². The van der Waals surface area contributed by atoms with E-state index in [-0.39, 0.29) is 11.4 Å². The zero-order chi connectivity index (χ0) is 22.9. The molecule has 11 heteroatoms. The number of hydrogen-bond acceptors (Lipinski definition) is 9.